The molecule has 2 atom stereocenters. The van der Waals surface area contributed by atoms with Crippen LogP contribution in [-0.4, -0.2) is 5.78 Å². The van der Waals surface area contributed by atoms with E-state index in [1.54, 1.807) is 0 Å². The normalized spacial score (nSPS) is 25.1. The number of carbonyl (C=O) groups is 1. The van der Waals surface area contributed by atoms with Gasteiger partial charge in [-0.1, -0.05) is 36.2 Å². The van der Waals surface area contributed by atoms with Crippen LogP contribution >= 0.6 is 23.2 Å². The molecular weight excluding hydrogens is 291 g/mol. The number of hydrogen-bond acceptors (Lipinski definition) is 1. The fourth-order valence-corrected chi connectivity index (χ4v) is 4.01. The Morgan fingerprint density at radius 3 is 2.75 bits per heavy atom. The summed E-state index contributed by atoms with van der Waals surface area (Å²) in [5.74, 6) is 1.50. The molecular formula is C17H18Cl2O. The van der Waals surface area contributed by atoms with E-state index in [1.807, 2.05) is 25.1 Å². The molecule has 3 heteroatoms. The summed E-state index contributed by atoms with van der Waals surface area (Å²) in [6.45, 7) is 1.95. The van der Waals surface area contributed by atoms with Crippen molar-refractivity contribution in [1.29, 1.82) is 0 Å². The zero-order valence-electron chi connectivity index (χ0n) is 11.6. The topological polar surface area (TPSA) is 17.1 Å². The minimum absolute atomic E-state index is 0.302. The van der Waals surface area contributed by atoms with Gasteiger partial charge in [-0.2, -0.15) is 0 Å². The lowest BCUT2D eigenvalue weighted by molar-refractivity contribution is -0.115. The minimum atomic E-state index is 0.302. The Balaban J connectivity index is 2.10. The maximum Gasteiger partial charge on any atom is 0.159 e. The van der Waals surface area contributed by atoms with Gasteiger partial charge < -0.3 is 0 Å². The second-order valence-corrected chi connectivity index (χ2v) is 6.69. The van der Waals surface area contributed by atoms with Crippen LogP contribution in [0.3, 0.4) is 0 Å². The van der Waals surface area contributed by atoms with E-state index in [2.05, 4.69) is 0 Å². The van der Waals surface area contributed by atoms with Crippen LogP contribution in [0.5, 0.6) is 0 Å². The van der Waals surface area contributed by atoms with E-state index in [-0.39, 0.29) is 0 Å². The highest BCUT2D eigenvalue weighted by molar-refractivity contribution is 6.42. The van der Waals surface area contributed by atoms with Crippen LogP contribution in [0.4, 0.5) is 0 Å². The Hall–Kier alpha value is -0.790. The van der Waals surface area contributed by atoms with Gasteiger partial charge in [-0.15, -0.1) is 0 Å². The number of carbonyl (C=O) groups excluding carboxylic acids is 1. The number of ketones is 1. The van der Waals surface area contributed by atoms with Crippen LogP contribution in [0.25, 0.3) is 5.57 Å². The number of Topliss-reactive ketones (excluding diaryl/α,β-unsaturated/α-hetero) is 1. The van der Waals surface area contributed by atoms with Crippen molar-refractivity contribution in [3.8, 4) is 0 Å². The predicted octanol–water partition coefficient (Wildman–Crippen LogP) is 5.55. The van der Waals surface area contributed by atoms with E-state index in [0.717, 1.165) is 29.9 Å². The molecule has 106 valence electrons. The van der Waals surface area contributed by atoms with Crippen molar-refractivity contribution in [3.63, 3.8) is 0 Å². The highest BCUT2D eigenvalue weighted by atomic mass is 35.5. The summed E-state index contributed by atoms with van der Waals surface area (Å²) in [5.41, 5.74) is 3.36. The molecule has 0 amide bonds. The van der Waals surface area contributed by atoms with E-state index in [9.17, 15) is 4.79 Å². The molecule has 0 N–H and O–H groups in total. The third kappa shape index (κ3) is 2.42. The minimum Gasteiger partial charge on any atom is -0.295 e. The van der Waals surface area contributed by atoms with Gasteiger partial charge in [0.25, 0.3) is 0 Å². The zero-order valence-corrected chi connectivity index (χ0v) is 13.1. The van der Waals surface area contributed by atoms with E-state index in [1.165, 1.54) is 18.4 Å². The lowest BCUT2D eigenvalue weighted by Crippen LogP contribution is -2.17. The van der Waals surface area contributed by atoms with E-state index < -0.39 is 0 Å². The molecule has 0 aromatic heterocycles. The average molecular weight is 309 g/mol. The molecule has 2 bridgehead atoms. The highest BCUT2D eigenvalue weighted by Crippen LogP contribution is 2.49. The maximum atomic E-state index is 12.4. The molecule has 0 radical (unpaired) electrons. The molecule has 1 aromatic rings. The molecule has 1 unspecified atom stereocenters. The predicted molar refractivity (Wildman–Crippen MR) is 84.1 cm³/mol. The Kier molecular flexibility index (Phi) is 3.92. The van der Waals surface area contributed by atoms with Gasteiger partial charge in [0, 0.05) is 12.0 Å². The van der Waals surface area contributed by atoms with Crippen LogP contribution in [0.15, 0.2) is 23.8 Å². The first kappa shape index (κ1) is 14.2. The first-order valence-electron chi connectivity index (χ1n) is 7.31. The highest BCUT2D eigenvalue weighted by Gasteiger charge is 2.37. The van der Waals surface area contributed by atoms with E-state index in [0.29, 0.717) is 28.2 Å². The molecule has 0 heterocycles. The molecule has 1 fully saturated rings. The zero-order chi connectivity index (χ0) is 14.3. The van der Waals surface area contributed by atoms with Crippen LogP contribution in [0.2, 0.25) is 10.0 Å². The van der Waals surface area contributed by atoms with E-state index in [4.69, 9.17) is 23.2 Å². The summed E-state index contributed by atoms with van der Waals surface area (Å²) in [4.78, 5) is 12.4. The summed E-state index contributed by atoms with van der Waals surface area (Å²) in [7, 11) is 0. The number of rotatable bonds is 3. The fraction of sp³-hybridized carbons (Fsp3) is 0.471. The summed E-state index contributed by atoms with van der Waals surface area (Å²) in [6, 6.07) is 5.74. The standard InChI is InChI=1S/C17H18Cl2O/c1-2-16(20)17-12-4-3-10(7-12)8-13(17)11-5-6-14(18)15(19)9-11/h5-6,9-10,12H,2-4,7-8H2,1H3/t10?,12-/m0/s1. The molecule has 1 nitrogen and oxygen atoms in total. The van der Waals surface area contributed by atoms with Gasteiger partial charge in [0.1, 0.15) is 0 Å². The lowest BCUT2D eigenvalue weighted by Gasteiger charge is -2.26. The summed E-state index contributed by atoms with van der Waals surface area (Å²) >= 11 is 12.1. The second kappa shape index (κ2) is 5.54. The first-order valence-corrected chi connectivity index (χ1v) is 8.07. The number of fused-ring (bicyclic) bond motifs is 2. The third-order valence-corrected chi connectivity index (χ3v) is 5.40. The van der Waals surface area contributed by atoms with Crippen LogP contribution in [-0.2, 0) is 4.79 Å². The molecule has 3 rings (SSSR count). The van der Waals surface area contributed by atoms with Crippen molar-refractivity contribution < 1.29 is 4.79 Å². The van der Waals surface area contributed by atoms with E-state index >= 15 is 0 Å². The smallest absolute Gasteiger partial charge is 0.159 e. The van der Waals surface area contributed by atoms with Crippen molar-refractivity contribution in [2.75, 3.05) is 0 Å². The van der Waals surface area contributed by atoms with Gasteiger partial charge in [0.15, 0.2) is 5.78 Å². The van der Waals surface area contributed by atoms with Crippen molar-refractivity contribution in [1.82, 2.24) is 0 Å². The summed E-state index contributed by atoms with van der Waals surface area (Å²) in [5, 5.41) is 1.14. The third-order valence-electron chi connectivity index (χ3n) is 4.66. The largest absolute Gasteiger partial charge is 0.295 e. The summed E-state index contributed by atoms with van der Waals surface area (Å²) in [6.07, 6.45) is 5.19. The molecule has 2 aliphatic rings. The number of hydrogen-bond donors (Lipinski definition) is 0. The Morgan fingerprint density at radius 1 is 1.25 bits per heavy atom. The Morgan fingerprint density at radius 2 is 2.05 bits per heavy atom. The number of allylic oxidation sites excluding steroid dienone is 2. The first-order chi connectivity index (χ1) is 9.60. The van der Waals surface area contributed by atoms with Gasteiger partial charge in [0.2, 0.25) is 0 Å². The maximum absolute atomic E-state index is 12.4. The molecule has 1 saturated carbocycles. The second-order valence-electron chi connectivity index (χ2n) is 5.88. The van der Waals surface area contributed by atoms with Crippen molar-refractivity contribution in [3.05, 3.63) is 39.4 Å². The quantitative estimate of drug-likeness (QED) is 0.716. The average Bonchev–Trinajstić information content (AvgIpc) is 2.82. The molecule has 0 saturated heterocycles. The number of benzene rings is 1. The van der Waals surface area contributed by atoms with Crippen molar-refractivity contribution in [2.24, 2.45) is 11.8 Å². The molecule has 0 aliphatic heterocycles. The lowest BCUT2D eigenvalue weighted by atomic mass is 9.78. The van der Waals surface area contributed by atoms with Crippen LogP contribution < -0.4 is 0 Å². The molecule has 20 heavy (non-hydrogen) atoms. The monoisotopic (exact) mass is 308 g/mol. The Bertz CT molecular complexity index is 589. The van der Waals surface area contributed by atoms with Gasteiger partial charge in [0.05, 0.1) is 10.0 Å². The van der Waals surface area contributed by atoms with Gasteiger partial charge in [-0.25, -0.2) is 0 Å². The summed E-state index contributed by atoms with van der Waals surface area (Å²) < 4.78 is 0. The van der Waals surface area contributed by atoms with Crippen LogP contribution in [0, 0.1) is 11.8 Å². The van der Waals surface area contributed by atoms with Crippen molar-refractivity contribution in [2.45, 2.75) is 39.0 Å². The van der Waals surface area contributed by atoms with Crippen molar-refractivity contribution >= 4 is 34.6 Å². The molecule has 0 spiro atoms. The fourth-order valence-electron chi connectivity index (χ4n) is 3.71. The molecule has 1 aromatic carbocycles. The SMILES string of the molecule is CCC(=O)C1=C(c2ccc(Cl)c(Cl)c2)CC2CC[C@H]1C2. The number of halogens is 2. The molecule has 2 aliphatic carbocycles. The van der Waals surface area contributed by atoms with Crippen LogP contribution in [0.1, 0.15) is 44.6 Å². The van der Waals surface area contributed by atoms with Gasteiger partial charge in [-0.05, 0) is 60.8 Å². The van der Waals surface area contributed by atoms with Gasteiger partial charge in [-0.3, -0.25) is 4.79 Å². The Labute approximate surface area is 130 Å². The van der Waals surface area contributed by atoms with Gasteiger partial charge >= 0.3 is 0 Å².